The number of carboxylic acids is 2. The van der Waals surface area contributed by atoms with E-state index in [0.29, 0.717) is 0 Å². The summed E-state index contributed by atoms with van der Waals surface area (Å²) in [6, 6.07) is 2.29. The number of aromatic carboxylic acids is 2. The van der Waals surface area contributed by atoms with E-state index in [-0.39, 0.29) is 89.8 Å². The minimum atomic E-state index is -1.35. The van der Waals surface area contributed by atoms with Gasteiger partial charge in [0.05, 0.1) is 24.3 Å². The second kappa shape index (κ2) is 20.8. The SMILES string of the molecule is O=C(O)c1cc(COCOCOCOCOCO)c(COCOCOCOCOCO)c(C(=O)O)c1. The Morgan fingerprint density at radius 3 is 1.39 bits per heavy atom. The lowest BCUT2D eigenvalue weighted by atomic mass is 9.98. The predicted molar refractivity (Wildman–Crippen MR) is 112 cm³/mol. The number of benzene rings is 1. The molecule has 0 aliphatic rings. The fourth-order valence-electron chi connectivity index (χ4n) is 2.39. The van der Waals surface area contributed by atoms with Gasteiger partial charge < -0.3 is 67.8 Å². The van der Waals surface area contributed by atoms with Gasteiger partial charge >= 0.3 is 11.9 Å². The second-order valence-electron chi connectivity index (χ2n) is 6.30. The van der Waals surface area contributed by atoms with E-state index in [9.17, 15) is 19.8 Å². The van der Waals surface area contributed by atoms with Crippen molar-refractivity contribution in [1.29, 1.82) is 0 Å². The fourth-order valence-corrected chi connectivity index (χ4v) is 2.39. The van der Waals surface area contributed by atoms with Crippen molar-refractivity contribution in [2.45, 2.75) is 13.2 Å². The summed E-state index contributed by atoms with van der Waals surface area (Å²) in [5.41, 5.74) is -0.0607. The maximum Gasteiger partial charge on any atom is 0.336 e. The summed E-state index contributed by atoms with van der Waals surface area (Å²) < 4.78 is 49.5. The van der Waals surface area contributed by atoms with Crippen molar-refractivity contribution in [3.63, 3.8) is 0 Å². The topological polar surface area (TPSA) is 207 Å². The van der Waals surface area contributed by atoms with Crippen molar-refractivity contribution >= 4 is 11.9 Å². The molecule has 16 nitrogen and oxygen atoms in total. The molecule has 0 spiro atoms. The third-order valence-corrected chi connectivity index (χ3v) is 3.84. The van der Waals surface area contributed by atoms with Gasteiger partial charge in [-0.1, -0.05) is 0 Å². The van der Waals surface area contributed by atoms with Gasteiger partial charge in [0, 0.05) is 0 Å². The smallest absolute Gasteiger partial charge is 0.336 e. The molecule has 0 saturated carbocycles. The van der Waals surface area contributed by atoms with Gasteiger partial charge in [0.25, 0.3) is 0 Å². The molecule has 206 valence electrons. The summed E-state index contributed by atoms with van der Waals surface area (Å²) in [5.74, 6) is -2.66. The Morgan fingerprint density at radius 2 is 0.972 bits per heavy atom. The molecular weight excluding hydrogens is 496 g/mol. The molecule has 0 unspecified atom stereocenters. The maximum atomic E-state index is 11.7. The Bertz CT molecular complexity index is 743. The molecule has 0 aliphatic carbocycles. The summed E-state index contributed by atoms with van der Waals surface area (Å²) in [6.07, 6.45) is 0. The summed E-state index contributed by atoms with van der Waals surface area (Å²) in [6.45, 7) is -2.89. The summed E-state index contributed by atoms with van der Waals surface area (Å²) in [5, 5.41) is 35.7. The average Bonchev–Trinajstić information content (AvgIpc) is 2.86. The first-order valence-electron chi connectivity index (χ1n) is 10.1. The van der Waals surface area contributed by atoms with Gasteiger partial charge in [-0.3, -0.25) is 0 Å². The lowest BCUT2D eigenvalue weighted by molar-refractivity contribution is -0.203. The van der Waals surface area contributed by atoms with E-state index >= 15 is 0 Å². The van der Waals surface area contributed by atoms with Crippen LogP contribution in [0.15, 0.2) is 12.1 Å². The van der Waals surface area contributed by atoms with E-state index in [1.165, 1.54) is 6.07 Å². The standard InChI is InChI=1S/C20H30O16/c21-5-29-9-33-13-35-11-31-7-27-3-16-1-15(19(23)24)2-17(20(25)26)18(16)4-28-8-32-12-36-14-34-10-30-6-22/h1-2,21-22H,3-14H2,(H,23,24)(H,25,26). The van der Waals surface area contributed by atoms with Crippen LogP contribution in [0.4, 0.5) is 0 Å². The van der Waals surface area contributed by atoms with Crippen molar-refractivity contribution < 1.29 is 77.4 Å². The minimum Gasteiger partial charge on any atom is -0.478 e. The van der Waals surface area contributed by atoms with E-state index in [2.05, 4.69) is 9.47 Å². The van der Waals surface area contributed by atoms with Gasteiger partial charge in [-0.25, -0.2) is 9.59 Å². The first-order chi connectivity index (χ1) is 17.5. The van der Waals surface area contributed by atoms with Gasteiger partial charge in [-0.2, -0.15) is 0 Å². The molecule has 36 heavy (non-hydrogen) atoms. The Hall–Kier alpha value is -2.32. The summed E-state index contributed by atoms with van der Waals surface area (Å²) in [4.78, 5) is 23.1. The van der Waals surface area contributed by atoms with Crippen LogP contribution in [0.5, 0.6) is 0 Å². The maximum absolute atomic E-state index is 11.7. The van der Waals surface area contributed by atoms with Crippen molar-refractivity contribution in [3.8, 4) is 0 Å². The van der Waals surface area contributed by atoms with Gasteiger partial charge in [-0.05, 0) is 23.3 Å². The minimum absolute atomic E-state index is 0.150. The molecule has 0 fully saturated rings. The highest BCUT2D eigenvalue weighted by Gasteiger charge is 2.19. The van der Waals surface area contributed by atoms with Crippen LogP contribution in [0, 0.1) is 0 Å². The molecular formula is C20H30O16. The van der Waals surface area contributed by atoms with E-state index in [1.54, 1.807) is 0 Å². The largest absolute Gasteiger partial charge is 0.478 e. The van der Waals surface area contributed by atoms with Crippen molar-refractivity contribution in [1.82, 2.24) is 0 Å². The molecule has 0 saturated heterocycles. The molecule has 0 aliphatic heterocycles. The Labute approximate surface area is 205 Å². The molecule has 1 rings (SSSR count). The van der Waals surface area contributed by atoms with Gasteiger partial charge in [0.2, 0.25) is 0 Å². The van der Waals surface area contributed by atoms with Crippen LogP contribution in [0.1, 0.15) is 31.8 Å². The molecule has 0 atom stereocenters. The number of carbonyl (C=O) groups is 2. The third-order valence-electron chi connectivity index (χ3n) is 3.84. The quantitative estimate of drug-likeness (QED) is 0.102. The molecule has 1 aromatic carbocycles. The van der Waals surface area contributed by atoms with Gasteiger partial charge in [0.1, 0.15) is 27.2 Å². The zero-order chi connectivity index (χ0) is 26.4. The predicted octanol–water partition coefficient (Wildman–Crippen LogP) is -0.191. The Kier molecular flexibility index (Phi) is 18.3. The fraction of sp³-hybridized carbons (Fsp3) is 0.600. The number of hydrogen-bond donors (Lipinski definition) is 4. The van der Waals surface area contributed by atoms with Crippen LogP contribution in [-0.4, -0.2) is 100 Å². The first-order valence-corrected chi connectivity index (χ1v) is 10.1. The van der Waals surface area contributed by atoms with E-state index in [4.69, 9.17) is 48.1 Å². The zero-order valence-electron chi connectivity index (χ0n) is 19.3. The van der Waals surface area contributed by atoms with Crippen LogP contribution in [0.3, 0.4) is 0 Å². The molecule has 0 radical (unpaired) electrons. The monoisotopic (exact) mass is 526 g/mol. The van der Waals surface area contributed by atoms with Crippen molar-refractivity contribution in [2.24, 2.45) is 0 Å². The average molecular weight is 526 g/mol. The molecule has 0 heterocycles. The number of aliphatic hydroxyl groups is 2. The van der Waals surface area contributed by atoms with Crippen molar-refractivity contribution in [2.75, 3.05) is 67.9 Å². The van der Waals surface area contributed by atoms with E-state index in [1.807, 2.05) is 0 Å². The van der Waals surface area contributed by atoms with Crippen LogP contribution in [0.25, 0.3) is 0 Å². The number of hydrogen-bond acceptors (Lipinski definition) is 14. The van der Waals surface area contributed by atoms with Gasteiger partial charge in [0.15, 0.2) is 40.8 Å². The molecule has 16 heteroatoms. The van der Waals surface area contributed by atoms with Crippen LogP contribution >= 0.6 is 0 Å². The highest BCUT2D eigenvalue weighted by Crippen LogP contribution is 2.21. The lowest BCUT2D eigenvalue weighted by Gasteiger charge is -2.15. The van der Waals surface area contributed by atoms with E-state index < -0.39 is 25.5 Å². The highest BCUT2D eigenvalue weighted by atomic mass is 16.8. The third kappa shape index (κ3) is 14.3. The van der Waals surface area contributed by atoms with Crippen LogP contribution in [0.2, 0.25) is 0 Å². The van der Waals surface area contributed by atoms with Crippen LogP contribution in [-0.2, 0) is 60.6 Å². The number of carboxylic acid groups (broad SMARTS) is 2. The molecule has 0 aromatic heterocycles. The van der Waals surface area contributed by atoms with Crippen molar-refractivity contribution in [3.05, 3.63) is 34.4 Å². The first kappa shape index (κ1) is 31.7. The second-order valence-corrected chi connectivity index (χ2v) is 6.30. The normalized spacial score (nSPS) is 11.2. The zero-order valence-corrected chi connectivity index (χ0v) is 19.3. The van der Waals surface area contributed by atoms with Crippen LogP contribution < -0.4 is 0 Å². The summed E-state index contributed by atoms with van der Waals surface area (Å²) in [7, 11) is 0. The highest BCUT2D eigenvalue weighted by molar-refractivity contribution is 5.95. The molecule has 0 amide bonds. The number of aliphatic hydroxyl groups excluding tert-OH is 2. The number of rotatable bonds is 24. The number of ether oxygens (including phenoxy) is 10. The summed E-state index contributed by atoms with van der Waals surface area (Å²) >= 11 is 0. The lowest BCUT2D eigenvalue weighted by Crippen LogP contribution is -2.14. The molecule has 4 N–H and O–H groups in total. The molecule has 1 aromatic rings. The molecule has 0 bridgehead atoms. The Balaban J connectivity index is 2.53. The van der Waals surface area contributed by atoms with Gasteiger partial charge in [-0.15, -0.1) is 0 Å². The Morgan fingerprint density at radius 1 is 0.556 bits per heavy atom. The van der Waals surface area contributed by atoms with E-state index in [0.717, 1.165) is 6.07 Å².